The highest BCUT2D eigenvalue weighted by atomic mass is 35.5. The fourth-order valence-corrected chi connectivity index (χ4v) is 2.93. The van der Waals surface area contributed by atoms with E-state index in [0.29, 0.717) is 13.2 Å². The van der Waals surface area contributed by atoms with E-state index >= 15 is 0 Å². The lowest BCUT2D eigenvalue weighted by Gasteiger charge is -2.12. The Hall–Kier alpha value is -2.04. The number of rotatable bonds is 6. The summed E-state index contributed by atoms with van der Waals surface area (Å²) < 4.78 is 19.1. The van der Waals surface area contributed by atoms with Gasteiger partial charge in [-0.15, -0.1) is 11.3 Å². The van der Waals surface area contributed by atoms with Crippen LogP contribution >= 0.6 is 22.9 Å². The van der Waals surface area contributed by atoms with Gasteiger partial charge >= 0.3 is 0 Å². The van der Waals surface area contributed by atoms with Gasteiger partial charge < -0.3 is 10.1 Å². The molecule has 0 fully saturated rings. The van der Waals surface area contributed by atoms with Crippen molar-refractivity contribution in [1.82, 2.24) is 0 Å². The normalized spacial score (nSPS) is 10.5. The quantitative estimate of drug-likeness (QED) is 0.614. The number of hydrogen-bond donors (Lipinski definition) is 1. The summed E-state index contributed by atoms with van der Waals surface area (Å²) in [6.45, 7) is 1.12. The van der Waals surface area contributed by atoms with Gasteiger partial charge in [0.25, 0.3) is 0 Å². The maximum Gasteiger partial charge on any atom is 0.141 e. The highest BCUT2D eigenvalue weighted by molar-refractivity contribution is 7.09. The number of para-hydroxylation sites is 1. The average Bonchev–Trinajstić information content (AvgIpc) is 3.08. The molecule has 5 heteroatoms. The lowest BCUT2D eigenvalue weighted by molar-refractivity contribution is 0.307. The molecule has 0 aliphatic heterocycles. The Balaban J connectivity index is 1.66. The number of thiophene rings is 1. The molecule has 1 aromatic heterocycles. The molecule has 0 aliphatic carbocycles. The van der Waals surface area contributed by atoms with Crippen molar-refractivity contribution < 1.29 is 9.13 Å². The fraction of sp³-hybridized carbons (Fsp3) is 0.111. The molecule has 1 N–H and O–H groups in total. The highest BCUT2D eigenvalue weighted by Crippen LogP contribution is 2.23. The lowest BCUT2D eigenvalue weighted by Crippen LogP contribution is -2.03. The molecule has 1 heterocycles. The first-order chi connectivity index (χ1) is 11.2. The third-order valence-corrected chi connectivity index (χ3v) is 4.46. The molecule has 0 bridgehead atoms. The van der Waals surface area contributed by atoms with Gasteiger partial charge in [-0.3, -0.25) is 0 Å². The molecule has 2 nitrogen and oxygen atoms in total. The van der Waals surface area contributed by atoms with Crippen LogP contribution in [0.5, 0.6) is 5.75 Å². The Morgan fingerprint density at radius 2 is 1.96 bits per heavy atom. The second-order valence-electron chi connectivity index (χ2n) is 4.96. The van der Waals surface area contributed by atoms with Gasteiger partial charge in [0, 0.05) is 22.7 Å². The number of halogens is 2. The minimum absolute atomic E-state index is 0.109. The molecular weight excluding hydrogens is 333 g/mol. The Kier molecular flexibility index (Phi) is 5.16. The van der Waals surface area contributed by atoms with E-state index in [-0.39, 0.29) is 5.02 Å². The molecule has 0 radical (unpaired) electrons. The van der Waals surface area contributed by atoms with Crippen molar-refractivity contribution in [3.8, 4) is 5.75 Å². The summed E-state index contributed by atoms with van der Waals surface area (Å²) in [7, 11) is 0. The second-order valence-corrected chi connectivity index (χ2v) is 6.40. The Morgan fingerprint density at radius 1 is 1.09 bits per heavy atom. The average molecular weight is 348 g/mol. The first-order valence-electron chi connectivity index (χ1n) is 7.14. The molecule has 0 saturated carbocycles. The van der Waals surface area contributed by atoms with Gasteiger partial charge in [0.15, 0.2) is 0 Å². The van der Waals surface area contributed by atoms with Crippen molar-refractivity contribution in [3.05, 3.63) is 81.3 Å². The summed E-state index contributed by atoms with van der Waals surface area (Å²) in [5.74, 6) is 0.415. The minimum Gasteiger partial charge on any atom is -0.488 e. The van der Waals surface area contributed by atoms with Gasteiger partial charge in [0.1, 0.15) is 18.2 Å². The molecule has 2 aromatic carbocycles. The van der Waals surface area contributed by atoms with Crippen LogP contribution in [-0.4, -0.2) is 0 Å². The number of benzene rings is 2. The Morgan fingerprint density at radius 3 is 2.74 bits per heavy atom. The van der Waals surface area contributed by atoms with Crippen LogP contribution in [0.2, 0.25) is 5.02 Å². The molecule has 0 atom stereocenters. The maximum atomic E-state index is 13.2. The van der Waals surface area contributed by atoms with Crippen LogP contribution in [0.25, 0.3) is 0 Å². The molecule has 0 saturated heterocycles. The van der Waals surface area contributed by atoms with E-state index < -0.39 is 5.82 Å². The smallest absolute Gasteiger partial charge is 0.141 e. The summed E-state index contributed by atoms with van der Waals surface area (Å²) in [6, 6.07) is 16.5. The molecule has 3 aromatic rings. The summed E-state index contributed by atoms with van der Waals surface area (Å²) >= 11 is 7.47. The predicted octanol–water partition coefficient (Wildman–Crippen LogP) is 5.73. The van der Waals surface area contributed by atoms with Crippen LogP contribution in [0, 0.1) is 5.82 Å². The van der Waals surface area contributed by atoms with E-state index in [9.17, 15) is 4.39 Å². The van der Waals surface area contributed by atoms with Crippen molar-refractivity contribution >= 4 is 28.6 Å². The van der Waals surface area contributed by atoms with Crippen LogP contribution in [0.4, 0.5) is 10.1 Å². The molecule has 0 unspecified atom stereocenters. The predicted molar refractivity (Wildman–Crippen MR) is 93.8 cm³/mol. The van der Waals surface area contributed by atoms with Gasteiger partial charge in [0.2, 0.25) is 0 Å². The number of ether oxygens (including phenoxy) is 1. The minimum atomic E-state index is -0.420. The molecule has 23 heavy (non-hydrogen) atoms. The van der Waals surface area contributed by atoms with Crippen molar-refractivity contribution in [3.63, 3.8) is 0 Å². The van der Waals surface area contributed by atoms with E-state index in [1.165, 1.54) is 10.9 Å². The summed E-state index contributed by atoms with van der Waals surface area (Å²) in [4.78, 5) is 1.18. The molecule has 3 rings (SSSR count). The van der Waals surface area contributed by atoms with Crippen molar-refractivity contribution in [1.29, 1.82) is 0 Å². The van der Waals surface area contributed by atoms with Crippen LogP contribution in [0.1, 0.15) is 10.4 Å². The fourth-order valence-electron chi connectivity index (χ4n) is 2.14. The monoisotopic (exact) mass is 347 g/mol. The summed E-state index contributed by atoms with van der Waals surface area (Å²) in [5.41, 5.74) is 1.80. The van der Waals surface area contributed by atoms with Gasteiger partial charge in [-0.1, -0.05) is 35.9 Å². The number of nitrogens with one attached hydrogen (secondary N) is 1. The zero-order valence-corrected chi connectivity index (χ0v) is 13.8. The second kappa shape index (κ2) is 7.49. The van der Waals surface area contributed by atoms with E-state index in [0.717, 1.165) is 17.0 Å². The van der Waals surface area contributed by atoms with Crippen molar-refractivity contribution in [2.45, 2.75) is 13.2 Å². The van der Waals surface area contributed by atoms with Crippen LogP contribution in [0.15, 0.2) is 60.0 Å². The first kappa shape index (κ1) is 15.8. The van der Waals surface area contributed by atoms with Crippen molar-refractivity contribution in [2.75, 3.05) is 5.32 Å². The third kappa shape index (κ3) is 4.24. The van der Waals surface area contributed by atoms with E-state index in [2.05, 4.69) is 5.32 Å². The van der Waals surface area contributed by atoms with E-state index in [4.69, 9.17) is 16.3 Å². The van der Waals surface area contributed by atoms with Crippen LogP contribution in [-0.2, 0) is 13.2 Å². The van der Waals surface area contributed by atoms with E-state index in [1.54, 1.807) is 23.5 Å². The molecule has 118 valence electrons. The lowest BCUT2D eigenvalue weighted by atomic mass is 10.2. The highest BCUT2D eigenvalue weighted by Gasteiger charge is 2.05. The number of anilines is 1. The maximum absolute atomic E-state index is 13.2. The Labute approximate surface area is 143 Å². The summed E-state index contributed by atoms with van der Waals surface area (Å²) in [6.07, 6.45) is 0. The standard InChI is InChI=1S/C18H15ClFNOS/c19-16-10-14(7-8-17(16)20)21-11-13-4-1-2-6-18(13)22-12-15-5-3-9-23-15/h1-10,21H,11-12H2. The van der Waals surface area contributed by atoms with Crippen molar-refractivity contribution in [2.24, 2.45) is 0 Å². The largest absolute Gasteiger partial charge is 0.488 e. The molecule has 0 amide bonds. The van der Waals surface area contributed by atoms with Gasteiger partial charge in [-0.2, -0.15) is 0 Å². The zero-order chi connectivity index (χ0) is 16.1. The number of hydrogen-bond acceptors (Lipinski definition) is 3. The molecular formula is C18H15ClFNOS. The summed E-state index contributed by atoms with van der Waals surface area (Å²) in [5, 5.41) is 5.37. The first-order valence-corrected chi connectivity index (χ1v) is 8.40. The van der Waals surface area contributed by atoms with Crippen LogP contribution < -0.4 is 10.1 Å². The van der Waals surface area contributed by atoms with Gasteiger partial charge in [-0.05, 0) is 35.7 Å². The van der Waals surface area contributed by atoms with Crippen LogP contribution in [0.3, 0.4) is 0 Å². The van der Waals surface area contributed by atoms with Gasteiger partial charge in [-0.25, -0.2) is 4.39 Å². The topological polar surface area (TPSA) is 21.3 Å². The molecule has 0 spiro atoms. The zero-order valence-electron chi connectivity index (χ0n) is 12.3. The van der Waals surface area contributed by atoms with E-state index in [1.807, 2.05) is 41.8 Å². The molecule has 0 aliphatic rings. The third-order valence-electron chi connectivity index (χ3n) is 3.33. The Bertz CT molecular complexity index is 776. The SMILES string of the molecule is Fc1ccc(NCc2ccccc2OCc2cccs2)cc1Cl. The van der Waals surface area contributed by atoms with Gasteiger partial charge in [0.05, 0.1) is 5.02 Å².